The number of amides is 1. The van der Waals surface area contributed by atoms with E-state index in [1.54, 1.807) is 4.90 Å². The van der Waals surface area contributed by atoms with Gasteiger partial charge in [-0.2, -0.15) is 0 Å². The topological polar surface area (TPSA) is 53.0 Å². The van der Waals surface area contributed by atoms with E-state index in [2.05, 4.69) is 29.2 Å². The maximum atomic E-state index is 12.9. The van der Waals surface area contributed by atoms with E-state index < -0.39 is 0 Å². The fraction of sp³-hybridized carbons (Fsp3) is 0.296. The predicted molar refractivity (Wildman–Crippen MR) is 129 cm³/mol. The Bertz CT molecular complexity index is 1080. The van der Waals surface area contributed by atoms with Crippen LogP contribution in [0.15, 0.2) is 72.8 Å². The number of aliphatic hydroxyl groups is 1. The van der Waals surface area contributed by atoms with Crippen LogP contribution < -0.4 is 0 Å². The normalized spacial score (nSPS) is 16.8. The number of hydrogen-bond acceptors (Lipinski definition) is 4. The van der Waals surface area contributed by atoms with E-state index in [0.717, 1.165) is 5.56 Å². The molecule has 33 heavy (non-hydrogen) atoms. The average Bonchev–Trinajstić information content (AvgIpc) is 3.18. The van der Waals surface area contributed by atoms with Gasteiger partial charge < -0.3 is 14.7 Å². The van der Waals surface area contributed by atoms with Crippen LogP contribution >= 0.6 is 11.6 Å². The summed E-state index contributed by atoms with van der Waals surface area (Å²) in [4.78, 5) is 16.8. The predicted octanol–water partition coefficient (Wildman–Crippen LogP) is 4.94. The second-order valence-electron chi connectivity index (χ2n) is 8.58. The third kappa shape index (κ3) is 4.36. The zero-order chi connectivity index (χ0) is 22.8. The molecule has 0 aromatic heterocycles. The first kappa shape index (κ1) is 22.0. The first-order valence-electron chi connectivity index (χ1n) is 11.4. The highest BCUT2D eigenvalue weighted by molar-refractivity contribution is 6.30. The van der Waals surface area contributed by atoms with Crippen LogP contribution in [0.4, 0.5) is 4.79 Å². The highest BCUT2D eigenvalue weighted by Gasteiger charge is 2.31. The Morgan fingerprint density at radius 3 is 2.06 bits per heavy atom. The fourth-order valence-electron chi connectivity index (χ4n) is 5.02. The summed E-state index contributed by atoms with van der Waals surface area (Å²) in [6.45, 7) is 2.85. The largest absolute Gasteiger partial charge is 0.448 e. The van der Waals surface area contributed by atoms with Crippen molar-refractivity contribution in [3.63, 3.8) is 0 Å². The van der Waals surface area contributed by atoms with Crippen molar-refractivity contribution in [2.24, 2.45) is 0 Å². The maximum absolute atomic E-state index is 12.9. The molecule has 3 aromatic carbocycles. The van der Waals surface area contributed by atoms with Gasteiger partial charge in [0.25, 0.3) is 0 Å². The molecule has 6 heteroatoms. The van der Waals surface area contributed by atoms with Crippen LogP contribution in [0.25, 0.3) is 11.1 Å². The molecule has 1 N–H and O–H groups in total. The average molecular weight is 463 g/mol. The standard InChI is InChI=1S/C27H27ClN2O3/c28-20-11-9-19(10-12-20)26(17-31)29-13-15-30(16-14-29)27(32)33-18-25-23-7-3-1-5-21(23)22-6-2-4-8-24(22)25/h1-12,25-26,31H,13-18H2. The van der Waals surface area contributed by atoms with Crippen molar-refractivity contribution < 1.29 is 14.6 Å². The zero-order valence-electron chi connectivity index (χ0n) is 18.4. The van der Waals surface area contributed by atoms with Crippen molar-refractivity contribution in [1.29, 1.82) is 0 Å². The lowest BCUT2D eigenvalue weighted by atomic mass is 9.98. The number of hydrogen-bond donors (Lipinski definition) is 1. The third-order valence-corrected chi connectivity index (χ3v) is 7.03. The molecule has 1 atom stereocenters. The molecule has 0 radical (unpaired) electrons. The van der Waals surface area contributed by atoms with Gasteiger partial charge in [-0.3, -0.25) is 4.90 Å². The number of ether oxygens (including phenoxy) is 1. The summed E-state index contributed by atoms with van der Waals surface area (Å²) in [6.07, 6.45) is -0.274. The number of aliphatic hydroxyl groups excluding tert-OH is 1. The number of carbonyl (C=O) groups excluding carboxylic acids is 1. The van der Waals surface area contributed by atoms with Crippen LogP contribution in [0.1, 0.15) is 28.7 Å². The monoisotopic (exact) mass is 462 g/mol. The smallest absolute Gasteiger partial charge is 0.409 e. The van der Waals surface area contributed by atoms with E-state index in [9.17, 15) is 9.90 Å². The number of benzene rings is 3. The summed E-state index contributed by atoms with van der Waals surface area (Å²) in [5, 5.41) is 10.6. The molecule has 1 heterocycles. The lowest BCUT2D eigenvalue weighted by molar-refractivity contribution is 0.0483. The molecule has 1 saturated heterocycles. The lowest BCUT2D eigenvalue weighted by Gasteiger charge is -2.38. The van der Waals surface area contributed by atoms with Crippen molar-refractivity contribution in [3.8, 4) is 11.1 Å². The highest BCUT2D eigenvalue weighted by atomic mass is 35.5. The van der Waals surface area contributed by atoms with Gasteiger partial charge in [0.1, 0.15) is 6.61 Å². The van der Waals surface area contributed by atoms with Gasteiger partial charge >= 0.3 is 6.09 Å². The van der Waals surface area contributed by atoms with E-state index in [1.165, 1.54) is 22.3 Å². The van der Waals surface area contributed by atoms with Crippen LogP contribution in [0.5, 0.6) is 0 Å². The molecule has 5 rings (SSSR count). The molecular formula is C27H27ClN2O3. The molecule has 0 saturated carbocycles. The Hall–Kier alpha value is -2.86. The fourth-order valence-corrected chi connectivity index (χ4v) is 5.14. The lowest BCUT2D eigenvalue weighted by Crippen LogP contribution is -2.50. The summed E-state index contributed by atoms with van der Waals surface area (Å²) in [5.74, 6) is 0.0614. The second-order valence-corrected chi connectivity index (χ2v) is 9.01. The first-order valence-corrected chi connectivity index (χ1v) is 11.7. The minimum atomic E-state index is -0.274. The molecule has 1 aliphatic heterocycles. The molecule has 1 fully saturated rings. The number of piperazine rings is 1. The molecular weight excluding hydrogens is 436 g/mol. The van der Waals surface area contributed by atoms with Crippen LogP contribution in [0, 0.1) is 0 Å². The van der Waals surface area contributed by atoms with E-state index in [1.807, 2.05) is 48.5 Å². The van der Waals surface area contributed by atoms with Gasteiger partial charge in [-0.25, -0.2) is 4.79 Å². The van der Waals surface area contributed by atoms with Crippen molar-refractivity contribution in [3.05, 3.63) is 94.5 Å². The van der Waals surface area contributed by atoms with Crippen LogP contribution in [-0.2, 0) is 4.74 Å². The molecule has 170 valence electrons. The Morgan fingerprint density at radius 2 is 1.48 bits per heavy atom. The van der Waals surface area contributed by atoms with E-state index in [4.69, 9.17) is 16.3 Å². The van der Waals surface area contributed by atoms with Crippen molar-refractivity contribution in [2.45, 2.75) is 12.0 Å². The van der Waals surface area contributed by atoms with E-state index in [0.29, 0.717) is 37.8 Å². The summed E-state index contributed by atoms with van der Waals surface area (Å²) in [6, 6.07) is 24.2. The van der Waals surface area contributed by atoms with Gasteiger partial charge in [-0.1, -0.05) is 72.3 Å². The molecule has 0 bridgehead atoms. The molecule has 1 unspecified atom stereocenters. The number of fused-ring (bicyclic) bond motifs is 3. The van der Waals surface area contributed by atoms with Crippen LogP contribution in [0.2, 0.25) is 5.02 Å². The van der Waals surface area contributed by atoms with Gasteiger partial charge in [-0.15, -0.1) is 0 Å². The summed E-state index contributed by atoms with van der Waals surface area (Å²) in [5.41, 5.74) is 5.90. The molecule has 1 amide bonds. The number of rotatable bonds is 5. The molecule has 0 spiro atoms. The molecule has 5 nitrogen and oxygen atoms in total. The number of halogens is 1. The van der Waals surface area contributed by atoms with Gasteiger partial charge in [0.05, 0.1) is 12.6 Å². The number of nitrogens with zero attached hydrogens (tertiary/aromatic N) is 2. The van der Waals surface area contributed by atoms with Gasteiger partial charge in [0.2, 0.25) is 0 Å². The van der Waals surface area contributed by atoms with E-state index in [-0.39, 0.29) is 24.7 Å². The highest BCUT2D eigenvalue weighted by Crippen LogP contribution is 2.44. The Kier molecular flexibility index (Phi) is 6.36. The third-order valence-electron chi connectivity index (χ3n) is 6.78. The van der Waals surface area contributed by atoms with Gasteiger partial charge in [0, 0.05) is 37.1 Å². The Labute approximate surface area is 199 Å². The zero-order valence-corrected chi connectivity index (χ0v) is 19.1. The maximum Gasteiger partial charge on any atom is 0.409 e. The van der Waals surface area contributed by atoms with Gasteiger partial charge in [0.15, 0.2) is 0 Å². The molecule has 3 aromatic rings. The first-order chi connectivity index (χ1) is 16.2. The minimum absolute atomic E-state index is 0.0204. The van der Waals surface area contributed by atoms with E-state index >= 15 is 0 Å². The summed E-state index contributed by atoms with van der Waals surface area (Å²) >= 11 is 6.00. The van der Waals surface area contributed by atoms with Crippen LogP contribution in [-0.4, -0.2) is 60.4 Å². The quantitative estimate of drug-likeness (QED) is 0.583. The Morgan fingerprint density at radius 1 is 0.909 bits per heavy atom. The second kappa shape index (κ2) is 9.56. The molecule has 2 aliphatic rings. The Balaban J connectivity index is 1.20. The number of carbonyl (C=O) groups is 1. The molecule has 1 aliphatic carbocycles. The SMILES string of the molecule is O=C(OCC1c2ccccc2-c2ccccc21)N1CCN(C(CO)c2ccc(Cl)cc2)CC1. The van der Waals surface area contributed by atoms with Gasteiger partial charge in [-0.05, 0) is 39.9 Å². The minimum Gasteiger partial charge on any atom is -0.448 e. The summed E-state index contributed by atoms with van der Waals surface area (Å²) < 4.78 is 5.80. The summed E-state index contributed by atoms with van der Waals surface area (Å²) in [7, 11) is 0. The van der Waals surface area contributed by atoms with Crippen LogP contribution in [0.3, 0.4) is 0 Å². The van der Waals surface area contributed by atoms with Crippen molar-refractivity contribution >= 4 is 17.7 Å². The van der Waals surface area contributed by atoms with Crippen molar-refractivity contribution in [1.82, 2.24) is 9.80 Å². The van der Waals surface area contributed by atoms with Crippen molar-refractivity contribution in [2.75, 3.05) is 39.4 Å².